The Balaban J connectivity index is 1.18. The zero-order valence-electron chi connectivity index (χ0n) is 26.6. The zero-order valence-corrected chi connectivity index (χ0v) is 26.6. The molecule has 250 valence electrons. The minimum Gasteiger partial charge on any atom is -0.487 e. The van der Waals surface area contributed by atoms with Gasteiger partial charge in [-0.05, 0) is 36.4 Å². The third-order valence-electron chi connectivity index (χ3n) is 7.29. The van der Waals surface area contributed by atoms with Gasteiger partial charge in [0.1, 0.15) is 24.7 Å². The van der Waals surface area contributed by atoms with Gasteiger partial charge >= 0.3 is 0 Å². The van der Waals surface area contributed by atoms with E-state index in [4.69, 9.17) is 33.2 Å². The predicted octanol–water partition coefficient (Wildman–Crippen LogP) is 4.76. The molecule has 3 aromatic heterocycles. The summed E-state index contributed by atoms with van der Waals surface area (Å²) < 4.78 is 42.1. The van der Waals surface area contributed by atoms with Gasteiger partial charge < -0.3 is 38.5 Å². The molecule has 5 aromatic rings. The topological polar surface area (TPSA) is 137 Å². The summed E-state index contributed by atoms with van der Waals surface area (Å²) in [5, 5.41) is 3.88. The molecule has 0 saturated heterocycles. The fourth-order valence-electron chi connectivity index (χ4n) is 4.84. The van der Waals surface area contributed by atoms with E-state index in [0.717, 1.165) is 5.69 Å². The summed E-state index contributed by atoms with van der Waals surface area (Å²) in [6.07, 6.45) is 4.75. The number of benzene rings is 2. The van der Waals surface area contributed by atoms with Crippen LogP contribution in [0.5, 0.6) is 23.0 Å². The maximum atomic E-state index is 13.2. The second-order valence-corrected chi connectivity index (χ2v) is 10.6. The summed E-state index contributed by atoms with van der Waals surface area (Å²) in [5.74, 6) is 2.50. The van der Waals surface area contributed by atoms with E-state index in [1.807, 2.05) is 42.5 Å². The summed E-state index contributed by atoms with van der Waals surface area (Å²) in [5.41, 5.74) is 2.09. The Hall–Kier alpha value is -5.08. The number of rotatable bonds is 5. The van der Waals surface area contributed by atoms with Gasteiger partial charge in [0.2, 0.25) is 5.95 Å². The fraction of sp³-hybridized carbons (Fsp3) is 0.314. The van der Waals surface area contributed by atoms with Crippen LogP contribution in [0.2, 0.25) is 0 Å². The van der Waals surface area contributed by atoms with Gasteiger partial charge in [-0.3, -0.25) is 19.3 Å². The van der Waals surface area contributed by atoms with Gasteiger partial charge in [0.25, 0.3) is 5.56 Å². The van der Waals surface area contributed by atoms with Gasteiger partial charge in [-0.15, -0.1) is 0 Å². The van der Waals surface area contributed by atoms with Crippen molar-refractivity contribution in [3.8, 4) is 34.3 Å². The Morgan fingerprint density at radius 3 is 2.00 bits per heavy atom. The van der Waals surface area contributed by atoms with Crippen molar-refractivity contribution in [2.75, 3.05) is 71.4 Å². The van der Waals surface area contributed by atoms with Crippen LogP contribution < -0.4 is 25.1 Å². The van der Waals surface area contributed by atoms with Crippen molar-refractivity contribution in [1.29, 1.82) is 0 Å². The standard InChI is InChI=1S/C35H37N5O8/c1-40-34(41)28(24-38-35(40)39-25-5-3-2-4-6-25)29-8-7-26(23-37-29)48-31-9-10-36-30-22-33-32(21-27(30)31)46-19-17-44-15-13-42-11-12-43-14-16-45-18-20-47-33/h2-10,21-24H,11-20H2,1H3,(H,38,39). The molecule has 0 aliphatic carbocycles. The summed E-state index contributed by atoms with van der Waals surface area (Å²) >= 11 is 0. The third-order valence-corrected chi connectivity index (χ3v) is 7.29. The molecule has 13 nitrogen and oxygen atoms in total. The first-order valence-electron chi connectivity index (χ1n) is 15.7. The second kappa shape index (κ2) is 16.7. The van der Waals surface area contributed by atoms with Crippen LogP contribution in [-0.4, -0.2) is 85.6 Å². The molecule has 0 fully saturated rings. The van der Waals surface area contributed by atoms with Crippen LogP contribution in [0.3, 0.4) is 0 Å². The first kappa shape index (κ1) is 32.8. The van der Waals surface area contributed by atoms with Gasteiger partial charge in [0.05, 0.1) is 75.8 Å². The van der Waals surface area contributed by atoms with Gasteiger partial charge in [0, 0.05) is 36.6 Å². The Labute approximate surface area is 277 Å². The van der Waals surface area contributed by atoms with E-state index < -0.39 is 0 Å². The van der Waals surface area contributed by atoms with Crippen molar-refractivity contribution < 1.29 is 33.2 Å². The normalized spacial score (nSPS) is 15.3. The fourth-order valence-corrected chi connectivity index (χ4v) is 4.84. The van der Waals surface area contributed by atoms with Crippen molar-refractivity contribution in [2.45, 2.75) is 0 Å². The molecule has 1 aliphatic rings. The third kappa shape index (κ3) is 8.63. The highest BCUT2D eigenvalue weighted by Crippen LogP contribution is 2.37. The quantitative estimate of drug-likeness (QED) is 0.279. The Kier molecular flexibility index (Phi) is 11.4. The Bertz CT molecular complexity index is 1840. The lowest BCUT2D eigenvalue weighted by Crippen LogP contribution is -2.22. The zero-order chi connectivity index (χ0) is 33.0. The van der Waals surface area contributed by atoms with Crippen molar-refractivity contribution in [3.63, 3.8) is 0 Å². The Morgan fingerprint density at radius 2 is 1.35 bits per heavy atom. The van der Waals surface area contributed by atoms with Gasteiger partial charge in [-0.1, -0.05) is 18.2 Å². The van der Waals surface area contributed by atoms with E-state index >= 15 is 0 Å². The number of aromatic nitrogens is 4. The molecule has 4 heterocycles. The van der Waals surface area contributed by atoms with Crippen molar-refractivity contribution in [3.05, 3.63) is 89.6 Å². The molecule has 6 rings (SSSR count). The van der Waals surface area contributed by atoms with Crippen molar-refractivity contribution in [1.82, 2.24) is 19.5 Å². The largest absolute Gasteiger partial charge is 0.487 e. The number of hydrogen-bond acceptors (Lipinski definition) is 12. The van der Waals surface area contributed by atoms with Crippen LogP contribution in [0.1, 0.15) is 0 Å². The first-order valence-corrected chi connectivity index (χ1v) is 15.7. The lowest BCUT2D eigenvalue weighted by atomic mass is 10.1. The molecule has 1 N–H and O–H groups in total. The van der Waals surface area contributed by atoms with E-state index in [0.29, 0.717) is 117 Å². The summed E-state index contributed by atoms with van der Waals surface area (Å²) in [7, 11) is 1.66. The van der Waals surface area contributed by atoms with E-state index in [-0.39, 0.29) is 5.56 Å². The molecule has 48 heavy (non-hydrogen) atoms. The van der Waals surface area contributed by atoms with E-state index in [1.54, 1.807) is 37.6 Å². The number of fused-ring (bicyclic) bond motifs is 2. The number of ether oxygens (including phenoxy) is 7. The maximum absolute atomic E-state index is 13.2. The van der Waals surface area contributed by atoms with Crippen LogP contribution in [0.25, 0.3) is 22.2 Å². The number of pyridine rings is 2. The summed E-state index contributed by atoms with van der Waals surface area (Å²) in [6.45, 7) is 4.25. The minimum absolute atomic E-state index is 0.233. The molecule has 0 radical (unpaired) electrons. The highest BCUT2D eigenvalue weighted by Gasteiger charge is 2.15. The minimum atomic E-state index is -0.233. The predicted molar refractivity (Wildman–Crippen MR) is 179 cm³/mol. The van der Waals surface area contributed by atoms with Crippen LogP contribution in [0.15, 0.2) is 84.0 Å². The van der Waals surface area contributed by atoms with Crippen LogP contribution in [0, 0.1) is 0 Å². The van der Waals surface area contributed by atoms with Gasteiger partial charge in [-0.2, -0.15) is 0 Å². The molecule has 0 atom stereocenters. The molecule has 0 bridgehead atoms. The average Bonchev–Trinajstić information content (AvgIpc) is 3.11. The smallest absolute Gasteiger partial charge is 0.264 e. The summed E-state index contributed by atoms with van der Waals surface area (Å²) in [4.78, 5) is 26.7. The number of anilines is 2. The molecule has 0 amide bonds. The monoisotopic (exact) mass is 655 g/mol. The lowest BCUT2D eigenvalue weighted by Gasteiger charge is -2.16. The SMILES string of the molecule is Cn1c(Nc2ccccc2)ncc(-c2ccc(Oc3ccnc4cc5c(cc34)OCCOCCOCCOCCOCCO5)cn2)c1=O. The number of nitrogens with zero attached hydrogens (tertiary/aromatic N) is 4. The van der Waals surface area contributed by atoms with Crippen molar-refractivity contribution in [2.24, 2.45) is 7.05 Å². The number of hydrogen-bond donors (Lipinski definition) is 1. The molecule has 0 saturated carbocycles. The number of nitrogens with one attached hydrogen (secondary N) is 1. The summed E-state index contributed by atoms with van der Waals surface area (Å²) in [6, 6.07) is 18.4. The molecule has 0 spiro atoms. The molecular weight excluding hydrogens is 618 g/mol. The second-order valence-electron chi connectivity index (χ2n) is 10.6. The number of para-hydroxylation sites is 1. The molecule has 2 aromatic carbocycles. The molecular formula is C35H37N5O8. The maximum Gasteiger partial charge on any atom is 0.264 e. The molecule has 0 unspecified atom stereocenters. The van der Waals surface area contributed by atoms with E-state index in [1.165, 1.54) is 10.8 Å². The van der Waals surface area contributed by atoms with Crippen LogP contribution in [-0.2, 0) is 26.0 Å². The van der Waals surface area contributed by atoms with Crippen LogP contribution in [0.4, 0.5) is 11.6 Å². The van der Waals surface area contributed by atoms with Crippen molar-refractivity contribution >= 4 is 22.5 Å². The van der Waals surface area contributed by atoms with E-state index in [9.17, 15) is 4.79 Å². The highest BCUT2D eigenvalue weighted by atomic mass is 16.6. The van der Waals surface area contributed by atoms with Crippen LogP contribution >= 0.6 is 0 Å². The molecule has 1 aliphatic heterocycles. The lowest BCUT2D eigenvalue weighted by molar-refractivity contribution is -0.00840. The molecule has 13 heteroatoms. The van der Waals surface area contributed by atoms with Gasteiger partial charge in [-0.25, -0.2) is 4.98 Å². The van der Waals surface area contributed by atoms with Gasteiger partial charge in [0.15, 0.2) is 11.5 Å². The van der Waals surface area contributed by atoms with E-state index in [2.05, 4.69) is 20.3 Å². The average molecular weight is 656 g/mol. The first-order chi connectivity index (χ1) is 23.7. The highest BCUT2D eigenvalue weighted by molar-refractivity contribution is 5.88. The Morgan fingerprint density at radius 1 is 0.708 bits per heavy atom.